The summed E-state index contributed by atoms with van der Waals surface area (Å²) in [5, 5.41) is 10.1. The van der Waals surface area contributed by atoms with Gasteiger partial charge in [0.2, 0.25) is 5.91 Å². The molecule has 2 heterocycles. The number of nitrogens with zero attached hydrogens (tertiary/aromatic N) is 3. The third-order valence-electron chi connectivity index (χ3n) is 3.70. The number of amides is 1. The molecule has 2 aromatic heterocycles. The second-order valence-electron chi connectivity index (χ2n) is 5.54. The number of aryl methyl sites for hydroxylation is 1. The first-order valence-electron chi connectivity index (χ1n) is 7.75. The van der Waals surface area contributed by atoms with Crippen LogP contribution in [-0.4, -0.2) is 33.8 Å². The Morgan fingerprint density at radius 2 is 2.00 bits per heavy atom. The van der Waals surface area contributed by atoms with Gasteiger partial charge in [-0.15, -0.1) is 11.3 Å². The van der Waals surface area contributed by atoms with Gasteiger partial charge in [0.15, 0.2) is 5.13 Å². The Labute approximate surface area is 152 Å². The van der Waals surface area contributed by atoms with Crippen molar-refractivity contribution in [1.29, 1.82) is 0 Å². The number of thiazole rings is 1. The zero-order valence-electron chi connectivity index (χ0n) is 14.2. The van der Waals surface area contributed by atoms with Gasteiger partial charge in [-0.1, -0.05) is 18.2 Å². The predicted octanol–water partition coefficient (Wildman–Crippen LogP) is 1.52. The Morgan fingerprint density at radius 3 is 2.73 bits per heavy atom. The van der Waals surface area contributed by atoms with E-state index < -0.39 is 11.9 Å². The van der Waals surface area contributed by atoms with Crippen LogP contribution in [-0.2, 0) is 27.3 Å². The van der Waals surface area contributed by atoms with Gasteiger partial charge in [-0.25, -0.2) is 9.67 Å². The fourth-order valence-corrected chi connectivity index (χ4v) is 3.20. The number of fused-ring (bicyclic) bond motifs is 1. The smallest absolute Gasteiger partial charge is 0.311 e. The van der Waals surface area contributed by atoms with E-state index in [9.17, 15) is 14.4 Å². The fourth-order valence-electron chi connectivity index (χ4n) is 2.47. The molecule has 0 saturated heterocycles. The van der Waals surface area contributed by atoms with Gasteiger partial charge in [-0.05, 0) is 13.0 Å². The van der Waals surface area contributed by atoms with Gasteiger partial charge in [-0.2, -0.15) is 5.10 Å². The second-order valence-corrected chi connectivity index (χ2v) is 6.40. The summed E-state index contributed by atoms with van der Waals surface area (Å²) in [6, 6.07) is 7.14. The molecule has 26 heavy (non-hydrogen) atoms. The number of nitrogens with one attached hydrogen (secondary N) is 1. The molecule has 0 atom stereocenters. The monoisotopic (exact) mass is 372 g/mol. The van der Waals surface area contributed by atoms with E-state index in [2.05, 4.69) is 20.1 Å². The van der Waals surface area contributed by atoms with Crippen molar-refractivity contribution in [3.8, 4) is 0 Å². The molecule has 9 heteroatoms. The molecule has 0 fully saturated rings. The number of carbonyl (C=O) groups excluding carboxylic acids is 2. The molecule has 0 aliphatic rings. The molecule has 134 valence electrons. The summed E-state index contributed by atoms with van der Waals surface area (Å²) in [6.45, 7) is 1.56. The number of carbonyl (C=O) groups is 2. The minimum Gasteiger partial charge on any atom is -0.469 e. The molecule has 1 aromatic carbocycles. The van der Waals surface area contributed by atoms with Crippen molar-refractivity contribution >= 4 is 39.1 Å². The van der Waals surface area contributed by atoms with E-state index in [-0.39, 0.29) is 18.5 Å². The van der Waals surface area contributed by atoms with E-state index in [4.69, 9.17) is 0 Å². The summed E-state index contributed by atoms with van der Waals surface area (Å²) < 4.78 is 5.71. The van der Waals surface area contributed by atoms with Crippen LogP contribution in [0.3, 0.4) is 0 Å². The minimum absolute atomic E-state index is 0.0355. The largest absolute Gasteiger partial charge is 0.469 e. The van der Waals surface area contributed by atoms with Gasteiger partial charge in [0.05, 0.1) is 30.3 Å². The number of rotatable bonds is 5. The Balaban J connectivity index is 1.75. The standard InChI is InChI=1S/C17H16N4O4S/c1-10-12-5-3-4-6-13(12)16(24)21(20-10)8-14(22)19-17-18-11(9-26-17)7-15(23)25-2/h3-6,9H,7-8H2,1-2H3,(H,18,19,22). The summed E-state index contributed by atoms with van der Waals surface area (Å²) in [7, 11) is 1.30. The lowest BCUT2D eigenvalue weighted by Gasteiger charge is -2.08. The number of hydrogen-bond acceptors (Lipinski definition) is 7. The van der Waals surface area contributed by atoms with Crippen molar-refractivity contribution in [3.63, 3.8) is 0 Å². The van der Waals surface area contributed by atoms with Crippen LogP contribution in [0.25, 0.3) is 10.8 Å². The van der Waals surface area contributed by atoms with Crippen LogP contribution < -0.4 is 10.9 Å². The van der Waals surface area contributed by atoms with E-state index in [0.29, 0.717) is 21.9 Å². The number of anilines is 1. The number of aromatic nitrogens is 3. The van der Waals surface area contributed by atoms with Crippen LogP contribution in [0.2, 0.25) is 0 Å². The van der Waals surface area contributed by atoms with Crippen LogP contribution in [0, 0.1) is 6.92 Å². The summed E-state index contributed by atoms with van der Waals surface area (Å²) >= 11 is 1.19. The molecule has 0 spiro atoms. The molecule has 1 N–H and O–H groups in total. The Morgan fingerprint density at radius 1 is 1.27 bits per heavy atom. The highest BCUT2D eigenvalue weighted by Crippen LogP contribution is 2.16. The van der Waals surface area contributed by atoms with Crippen LogP contribution in [0.15, 0.2) is 34.4 Å². The molecule has 0 aliphatic carbocycles. The maximum atomic E-state index is 12.5. The first kappa shape index (κ1) is 17.7. The summed E-state index contributed by atoms with van der Waals surface area (Å²) in [4.78, 5) is 40.1. The molecule has 8 nitrogen and oxygen atoms in total. The van der Waals surface area contributed by atoms with Crippen LogP contribution in [0.1, 0.15) is 11.4 Å². The zero-order chi connectivity index (χ0) is 18.7. The molecule has 3 aromatic rings. The second kappa shape index (κ2) is 7.44. The number of methoxy groups -OCH3 is 1. The SMILES string of the molecule is COC(=O)Cc1csc(NC(=O)Cn2nc(C)c3ccccc3c2=O)n1. The molecule has 3 rings (SSSR count). The minimum atomic E-state index is -0.423. The molecule has 0 saturated carbocycles. The van der Waals surface area contributed by atoms with Crippen LogP contribution in [0.5, 0.6) is 0 Å². The lowest BCUT2D eigenvalue weighted by atomic mass is 10.1. The van der Waals surface area contributed by atoms with Gasteiger partial charge < -0.3 is 10.1 Å². The predicted molar refractivity (Wildman–Crippen MR) is 97.2 cm³/mol. The van der Waals surface area contributed by atoms with E-state index >= 15 is 0 Å². The van der Waals surface area contributed by atoms with E-state index in [1.165, 1.54) is 18.4 Å². The summed E-state index contributed by atoms with van der Waals surface area (Å²) in [6.07, 6.45) is 0.0355. The van der Waals surface area contributed by atoms with Crippen molar-refractivity contribution < 1.29 is 14.3 Å². The average Bonchev–Trinajstić information content (AvgIpc) is 3.06. The zero-order valence-corrected chi connectivity index (χ0v) is 15.0. The maximum Gasteiger partial charge on any atom is 0.311 e. The van der Waals surface area contributed by atoms with Crippen LogP contribution in [0.4, 0.5) is 5.13 Å². The van der Waals surface area contributed by atoms with Crippen molar-refractivity contribution in [1.82, 2.24) is 14.8 Å². The number of ether oxygens (including phenoxy) is 1. The Bertz CT molecular complexity index is 1040. The highest BCUT2D eigenvalue weighted by Gasteiger charge is 2.13. The van der Waals surface area contributed by atoms with Crippen molar-refractivity contribution in [2.75, 3.05) is 12.4 Å². The Kier molecular flexibility index (Phi) is 5.08. The highest BCUT2D eigenvalue weighted by atomic mass is 32.1. The normalized spacial score (nSPS) is 10.7. The number of hydrogen-bond donors (Lipinski definition) is 1. The third kappa shape index (κ3) is 3.77. The average molecular weight is 372 g/mol. The summed E-state index contributed by atoms with van der Waals surface area (Å²) in [5.41, 5.74) is 0.850. The van der Waals surface area contributed by atoms with Crippen molar-refractivity contribution in [2.45, 2.75) is 19.9 Å². The van der Waals surface area contributed by atoms with Gasteiger partial charge in [-0.3, -0.25) is 14.4 Å². The van der Waals surface area contributed by atoms with Crippen molar-refractivity contribution in [2.24, 2.45) is 0 Å². The van der Waals surface area contributed by atoms with E-state index in [1.54, 1.807) is 24.4 Å². The number of esters is 1. The quantitative estimate of drug-likeness (QED) is 0.681. The molecule has 0 aliphatic heterocycles. The van der Waals surface area contributed by atoms with Crippen molar-refractivity contribution in [3.05, 3.63) is 51.4 Å². The lowest BCUT2D eigenvalue weighted by molar-refractivity contribution is -0.139. The van der Waals surface area contributed by atoms with E-state index in [0.717, 1.165) is 10.1 Å². The number of benzene rings is 1. The topological polar surface area (TPSA) is 103 Å². The highest BCUT2D eigenvalue weighted by molar-refractivity contribution is 7.13. The van der Waals surface area contributed by atoms with Gasteiger partial charge in [0, 0.05) is 10.8 Å². The molecule has 0 unspecified atom stereocenters. The van der Waals surface area contributed by atoms with E-state index in [1.807, 2.05) is 12.1 Å². The lowest BCUT2D eigenvalue weighted by Crippen LogP contribution is -2.30. The first-order chi connectivity index (χ1) is 12.5. The molecule has 0 bridgehead atoms. The van der Waals surface area contributed by atoms with Gasteiger partial charge in [0.1, 0.15) is 6.54 Å². The van der Waals surface area contributed by atoms with Crippen LogP contribution >= 0.6 is 11.3 Å². The third-order valence-corrected chi connectivity index (χ3v) is 4.50. The van der Waals surface area contributed by atoms with Gasteiger partial charge >= 0.3 is 5.97 Å². The molecular formula is C17H16N4O4S. The summed E-state index contributed by atoms with van der Waals surface area (Å²) in [5.74, 6) is -0.830. The molecule has 0 radical (unpaired) electrons. The first-order valence-corrected chi connectivity index (χ1v) is 8.63. The fraction of sp³-hybridized carbons (Fsp3) is 0.235. The van der Waals surface area contributed by atoms with Gasteiger partial charge in [0.25, 0.3) is 5.56 Å². The maximum absolute atomic E-state index is 12.5. The molecular weight excluding hydrogens is 356 g/mol. The Hall–Kier alpha value is -3.07. The molecule has 1 amide bonds.